The number of aryl methyl sites for hydroxylation is 2. The van der Waals surface area contributed by atoms with E-state index in [9.17, 15) is 0 Å². The minimum absolute atomic E-state index is 0.0290. The first-order chi connectivity index (χ1) is 8.86. The smallest absolute Gasteiger partial charge is 0.0684 e. The Morgan fingerprint density at radius 2 is 1.58 bits per heavy atom. The van der Waals surface area contributed by atoms with Crippen LogP contribution in [-0.2, 0) is 0 Å². The summed E-state index contributed by atoms with van der Waals surface area (Å²) in [6.07, 6.45) is 4.38. The molecule has 0 N–H and O–H groups in total. The maximum atomic E-state index is 4.79. The van der Waals surface area contributed by atoms with Gasteiger partial charge in [-0.25, -0.2) is 0 Å². The monoisotopic (exact) mass is 253 g/mol. The van der Waals surface area contributed by atoms with Gasteiger partial charge in [0.15, 0.2) is 0 Å². The van der Waals surface area contributed by atoms with E-state index in [1.165, 1.54) is 27.8 Å². The molecule has 0 fully saturated rings. The number of benzene rings is 1. The lowest BCUT2D eigenvalue weighted by molar-refractivity contribution is 0.690. The summed E-state index contributed by atoms with van der Waals surface area (Å²) in [7, 11) is 0. The third-order valence-electron chi connectivity index (χ3n) is 4.51. The van der Waals surface area contributed by atoms with E-state index in [1.807, 2.05) is 0 Å². The van der Waals surface area contributed by atoms with Crippen LogP contribution in [0.25, 0.3) is 0 Å². The topological polar surface area (TPSA) is 12.4 Å². The molecule has 2 rings (SSSR count). The molecule has 1 aliphatic rings. The van der Waals surface area contributed by atoms with Gasteiger partial charge < -0.3 is 0 Å². The van der Waals surface area contributed by atoms with Crippen LogP contribution in [-0.4, -0.2) is 6.21 Å². The Bertz CT molecular complexity index is 582. The minimum atomic E-state index is -0.0290. The highest BCUT2D eigenvalue weighted by atomic mass is 14.7. The minimum Gasteiger partial charge on any atom is -0.259 e. The molecule has 1 heteroatoms. The van der Waals surface area contributed by atoms with Crippen LogP contribution in [0.3, 0.4) is 0 Å². The summed E-state index contributed by atoms with van der Waals surface area (Å²) < 4.78 is 0. The van der Waals surface area contributed by atoms with E-state index in [-0.39, 0.29) is 5.41 Å². The van der Waals surface area contributed by atoms with Crippen LogP contribution >= 0.6 is 0 Å². The van der Waals surface area contributed by atoms with Crippen molar-refractivity contribution in [3.05, 3.63) is 52.1 Å². The first kappa shape index (κ1) is 13.8. The highest BCUT2D eigenvalue weighted by Gasteiger charge is 2.31. The van der Waals surface area contributed by atoms with Crippen LogP contribution in [0.1, 0.15) is 38.8 Å². The molecule has 100 valence electrons. The average Bonchev–Trinajstić information content (AvgIpc) is 2.53. The highest BCUT2D eigenvalue weighted by molar-refractivity contribution is 5.80. The maximum Gasteiger partial charge on any atom is 0.0684 e. The number of hydrogen-bond acceptors (Lipinski definition) is 1. The maximum absolute atomic E-state index is 4.79. The molecule has 1 aliphatic carbocycles. The first-order valence-electron chi connectivity index (χ1n) is 6.84. The Morgan fingerprint density at radius 3 is 2.05 bits per heavy atom. The van der Waals surface area contributed by atoms with Gasteiger partial charge >= 0.3 is 0 Å². The summed E-state index contributed by atoms with van der Waals surface area (Å²) >= 11 is 0. The summed E-state index contributed by atoms with van der Waals surface area (Å²) in [5.74, 6) is 0. The van der Waals surface area contributed by atoms with Crippen molar-refractivity contribution in [3.63, 3.8) is 0 Å². The molecule has 1 atom stereocenters. The number of para-hydroxylation sites is 1. The Hall–Kier alpha value is -1.63. The fourth-order valence-corrected chi connectivity index (χ4v) is 2.69. The lowest BCUT2D eigenvalue weighted by Crippen LogP contribution is -2.18. The molecule has 0 amide bonds. The molecule has 0 radical (unpaired) electrons. The van der Waals surface area contributed by atoms with Crippen molar-refractivity contribution in [1.82, 2.24) is 0 Å². The van der Waals surface area contributed by atoms with Crippen molar-refractivity contribution in [3.8, 4) is 0 Å². The Labute approximate surface area is 116 Å². The molecule has 0 bridgehead atoms. The van der Waals surface area contributed by atoms with Gasteiger partial charge in [0, 0.05) is 11.6 Å². The van der Waals surface area contributed by atoms with E-state index in [0.717, 1.165) is 5.69 Å². The summed E-state index contributed by atoms with van der Waals surface area (Å²) in [4.78, 5) is 4.79. The van der Waals surface area contributed by atoms with Gasteiger partial charge in [-0.05, 0) is 52.7 Å². The molecule has 0 spiro atoms. The lowest BCUT2D eigenvalue weighted by atomic mass is 9.81. The third-order valence-corrected chi connectivity index (χ3v) is 4.51. The average molecular weight is 253 g/mol. The Balaban J connectivity index is 2.42. The number of allylic oxidation sites excluding steroid dienone is 4. The van der Waals surface area contributed by atoms with Crippen LogP contribution in [0.4, 0.5) is 5.69 Å². The quantitative estimate of drug-likeness (QED) is 0.633. The van der Waals surface area contributed by atoms with E-state index in [2.05, 4.69) is 72.0 Å². The first-order valence-corrected chi connectivity index (χ1v) is 6.84. The molecule has 1 aromatic carbocycles. The molecule has 0 saturated carbocycles. The zero-order chi connectivity index (χ0) is 14.2. The zero-order valence-electron chi connectivity index (χ0n) is 12.8. The molecule has 1 aromatic rings. The number of rotatable bonds is 2. The van der Waals surface area contributed by atoms with E-state index in [1.54, 1.807) is 0 Å². The predicted molar refractivity (Wildman–Crippen MR) is 84.3 cm³/mol. The van der Waals surface area contributed by atoms with Gasteiger partial charge in [-0.3, -0.25) is 4.99 Å². The molecule has 0 heterocycles. The third kappa shape index (κ3) is 2.30. The van der Waals surface area contributed by atoms with Crippen LogP contribution in [0.5, 0.6) is 0 Å². The molecule has 0 aromatic heterocycles. The van der Waals surface area contributed by atoms with Crippen molar-refractivity contribution in [1.29, 1.82) is 0 Å². The fraction of sp³-hybridized carbons (Fsp3) is 0.389. The van der Waals surface area contributed by atoms with Crippen LogP contribution in [0.15, 0.2) is 46.0 Å². The van der Waals surface area contributed by atoms with Gasteiger partial charge in [0.05, 0.1) is 5.69 Å². The second-order valence-corrected chi connectivity index (χ2v) is 5.84. The van der Waals surface area contributed by atoms with Gasteiger partial charge in [-0.15, -0.1) is 0 Å². The zero-order valence-corrected chi connectivity index (χ0v) is 12.8. The van der Waals surface area contributed by atoms with Gasteiger partial charge in [0.25, 0.3) is 0 Å². The normalized spacial score (nSPS) is 23.4. The van der Waals surface area contributed by atoms with Crippen molar-refractivity contribution in [2.24, 2.45) is 10.4 Å². The van der Waals surface area contributed by atoms with Gasteiger partial charge in [0.1, 0.15) is 0 Å². The largest absolute Gasteiger partial charge is 0.259 e. The van der Waals surface area contributed by atoms with Crippen LogP contribution < -0.4 is 0 Å². The van der Waals surface area contributed by atoms with Crippen LogP contribution in [0.2, 0.25) is 0 Å². The number of hydrogen-bond donors (Lipinski definition) is 0. The number of nitrogens with zero attached hydrogens (tertiary/aromatic N) is 1. The standard InChI is InChI=1S/C18H23N/c1-12-8-7-9-13(2)17(12)19-11-18(6)15(4)10-14(3)16(18)5/h7-11H,1-6H3. The lowest BCUT2D eigenvalue weighted by Gasteiger charge is -2.24. The second kappa shape index (κ2) is 4.80. The molecular weight excluding hydrogens is 230 g/mol. The summed E-state index contributed by atoms with van der Waals surface area (Å²) in [6.45, 7) is 13.1. The molecule has 0 aliphatic heterocycles. The van der Waals surface area contributed by atoms with Crippen LogP contribution in [0, 0.1) is 19.3 Å². The van der Waals surface area contributed by atoms with E-state index in [0.29, 0.717) is 0 Å². The SMILES string of the molecule is CC1=CC(C)=C(C)C1(C)C=Nc1c(C)cccc1C. The molecule has 1 nitrogen and oxygen atoms in total. The second-order valence-electron chi connectivity index (χ2n) is 5.84. The van der Waals surface area contributed by atoms with E-state index in [4.69, 9.17) is 4.99 Å². The van der Waals surface area contributed by atoms with Gasteiger partial charge in [0.2, 0.25) is 0 Å². The number of aliphatic imine (C=N–C) groups is 1. The van der Waals surface area contributed by atoms with Crippen molar-refractivity contribution >= 4 is 11.9 Å². The Kier molecular flexibility index (Phi) is 3.49. The highest BCUT2D eigenvalue weighted by Crippen LogP contribution is 2.41. The van der Waals surface area contributed by atoms with E-state index >= 15 is 0 Å². The molecular formula is C18H23N. The van der Waals surface area contributed by atoms with E-state index < -0.39 is 0 Å². The molecule has 0 saturated heterocycles. The summed E-state index contributed by atoms with van der Waals surface area (Å²) in [5, 5.41) is 0. The predicted octanol–water partition coefficient (Wildman–Crippen LogP) is 5.31. The molecule has 1 unspecified atom stereocenters. The summed E-state index contributed by atoms with van der Waals surface area (Å²) in [5.41, 5.74) is 7.69. The fourth-order valence-electron chi connectivity index (χ4n) is 2.69. The van der Waals surface area contributed by atoms with Crippen molar-refractivity contribution in [2.75, 3.05) is 0 Å². The van der Waals surface area contributed by atoms with Gasteiger partial charge in [-0.1, -0.05) is 41.0 Å². The van der Waals surface area contributed by atoms with Crippen molar-refractivity contribution in [2.45, 2.75) is 41.5 Å². The molecule has 19 heavy (non-hydrogen) atoms. The van der Waals surface area contributed by atoms with Crippen molar-refractivity contribution < 1.29 is 0 Å². The van der Waals surface area contributed by atoms with Gasteiger partial charge in [-0.2, -0.15) is 0 Å². The Morgan fingerprint density at radius 1 is 1.00 bits per heavy atom. The summed E-state index contributed by atoms with van der Waals surface area (Å²) in [6, 6.07) is 6.32.